The molecule has 0 aromatic carbocycles. The van der Waals surface area contributed by atoms with Crippen molar-refractivity contribution in [3.63, 3.8) is 0 Å². The molecule has 1 unspecified atom stereocenters. The van der Waals surface area contributed by atoms with Crippen LogP contribution in [0.25, 0.3) is 10.2 Å². The third-order valence-corrected chi connectivity index (χ3v) is 3.21. The Bertz CT molecular complexity index is 446. The van der Waals surface area contributed by atoms with E-state index in [1.807, 2.05) is 11.4 Å². The summed E-state index contributed by atoms with van der Waals surface area (Å²) in [5, 5.41) is 3.08. The number of rotatable bonds is 4. The van der Waals surface area contributed by atoms with Crippen LogP contribution in [0.1, 0.15) is 5.69 Å². The van der Waals surface area contributed by atoms with Gasteiger partial charge in [-0.2, -0.15) is 0 Å². The van der Waals surface area contributed by atoms with Gasteiger partial charge in [-0.3, -0.25) is 0 Å². The third kappa shape index (κ3) is 2.45. The number of fused-ring (bicyclic) bond motifs is 1. The first kappa shape index (κ1) is 10.8. The first-order valence-corrected chi connectivity index (χ1v) is 5.93. The second kappa shape index (κ2) is 4.88. The zero-order chi connectivity index (χ0) is 10.7. The van der Waals surface area contributed by atoms with Gasteiger partial charge in [0.05, 0.1) is 17.7 Å². The van der Waals surface area contributed by atoms with E-state index in [0.29, 0.717) is 13.0 Å². The van der Waals surface area contributed by atoms with E-state index in [2.05, 4.69) is 9.97 Å². The van der Waals surface area contributed by atoms with Gasteiger partial charge in [-0.25, -0.2) is 9.97 Å². The van der Waals surface area contributed by atoms with Crippen molar-refractivity contribution in [3.05, 3.63) is 23.5 Å². The number of hydrogen-bond acceptors (Lipinski definition) is 4. The normalized spacial score (nSPS) is 13.2. The highest BCUT2D eigenvalue weighted by Gasteiger charge is 2.10. The van der Waals surface area contributed by atoms with Gasteiger partial charge in [0.2, 0.25) is 0 Å². The molecule has 0 N–H and O–H groups in total. The van der Waals surface area contributed by atoms with E-state index in [1.165, 1.54) is 0 Å². The molecule has 0 aliphatic heterocycles. The lowest BCUT2D eigenvalue weighted by Crippen LogP contribution is -2.11. The molecule has 0 amide bonds. The van der Waals surface area contributed by atoms with Gasteiger partial charge in [0.25, 0.3) is 0 Å². The summed E-state index contributed by atoms with van der Waals surface area (Å²) in [7, 11) is 1.65. The summed E-state index contributed by atoms with van der Waals surface area (Å²) < 4.78 is 5.00. The highest BCUT2D eigenvalue weighted by Crippen LogP contribution is 2.21. The van der Waals surface area contributed by atoms with E-state index in [9.17, 15) is 0 Å². The van der Waals surface area contributed by atoms with Crippen LogP contribution in [0.15, 0.2) is 17.8 Å². The Hall–Kier alpha value is -0.710. The predicted molar refractivity (Wildman–Crippen MR) is 62.6 cm³/mol. The van der Waals surface area contributed by atoms with Gasteiger partial charge in [-0.1, -0.05) is 0 Å². The highest BCUT2D eigenvalue weighted by atomic mass is 35.5. The van der Waals surface area contributed by atoms with Crippen LogP contribution in [-0.2, 0) is 11.2 Å². The molecule has 0 aliphatic carbocycles. The SMILES string of the molecule is COCC(Cl)Cc1ncnc2sccc12. The van der Waals surface area contributed by atoms with Crippen molar-refractivity contribution in [2.24, 2.45) is 0 Å². The molecule has 0 aliphatic rings. The summed E-state index contributed by atoms with van der Waals surface area (Å²) in [6.45, 7) is 0.539. The van der Waals surface area contributed by atoms with Gasteiger partial charge < -0.3 is 4.74 Å². The van der Waals surface area contributed by atoms with E-state index in [0.717, 1.165) is 15.9 Å². The minimum Gasteiger partial charge on any atom is -0.383 e. The summed E-state index contributed by atoms with van der Waals surface area (Å²) in [5.41, 5.74) is 0.998. The molecule has 0 bridgehead atoms. The number of thiophene rings is 1. The van der Waals surface area contributed by atoms with Crippen molar-refractivity contribution < 1.29 is 4.74 Å². The van der Waals surface area contributed by atoms with Crippen molar-refractivity contribution in [1.29, 1.82) is 0 Å². The Kier molecular flexibility index (Phi) is 3.51. The molecule has 5 heteroatoms. The molecule has 0 spiro atoms. The predicted octanol–water partition coefficient (Wildman–Crippen LogP) is 2.49. The van der Waals surface area contributed by atoms with Crippen LogP contribution < -0.4 is 0 Å². The maximum absolute atomic E-state index is 6.10. The molecule has 2 heterocycles. The van der Waals surface area contributed by atoms with Crippen LogP contribution in [-0.4, -0.2) is 29.1 Å². The summed E-state index contributed by atoms with van der Waals surface area (Å²) in [4.78, 5) is 9.46. The van der Waals surface area contributed by atoms with Crippen LogP contribution in [0.4, 0.5) is 0 Å². The summed E-state index contributed by atoms with van der Waals surface area (Å²) in [5.74, 6) is 0. The molecule has 2 aromatic heterocycles. The number of ether oxygens (including phenoxy) is 1. The zero-order valence-electron chi connectivity index (χ0n) is 8.31. The van der Waals surface area contributed by atoms with Crippen LogP contribution in [0, 0.1) is 0 Å². The van der Waals surface area contributed by atoms with E-state index < -0.39 is 0 Å². The number of aromatic nitrogens is 2. The van der Waals surface area contributed by atoms with Crippen LogP contribution in [0.5, 0.6) is 0 Å². The fraction of sp³-hybridized carbons (Fsp3) is 0.400. The van der Waals surface area contributed by atoms with Gasteiger partial charge >= 0.3 is 0 Å². The molecule has 1 atom stereocenters. The Labute approximate surface area is 97.1 Å². The van der Waals surface area contributed by atoms with Crippen molar-refractivity contribution >= 4 is 33.2 Å². The largest absolute Gasteiger partial charge is 0.383 e. The van der Waals surface area contributed by atoms with Crippen molar-refractivity contribution in [2.75, 3.05) is 13.7 Å². The smallest absolute Gasteiger partial charge is 0.126 e. The molecular formula is C10H11ClN2OS. The van der Waals surface area contributed by atoms with E-state index in [4.69, 9.17) is 16.3 Å². The number of methoxy groups -OCH3 is 1. The summed E-state index contributed by atoms with van der Waals surface area (Å²) in [6, 6.07) is 2.03. The van der Waals surface area contributed by atoms with Gasteiger partial charge in [0, 0.05) is 18.9 Å². The van der Waals surface area contributed by atoms with E-state index in [1.54, 1.807) is 24.8 Å². The minimum absolute atomic E-state index is 0.0343. The lowest BCUT2D eigenvalue weighted by atomic mass is 10.2. The quantitative estimate of drug-likeness (QED) is 0.773. The molecule has 0 saturated heterocycles. The standard InChI is InChI=1S/C10H11ClN2OS/c1-14-5-7(11)4-9-8-2-3-15-10(8)13-6-12-9/h2-3,6-7H,4-5H2,1H3. The van der Waals surface area contributed by atoms with Crippen molar-refractivity contribution in [2.45, 2.75) is 11.8 Å². The highest BCUT2D eigenvalue weighted by molar-refractivity contribution is 7.16. The molecule has 0 radical (unpaired) electrons. The Morgan fingerprint density at radius 1 is 1.53 bits per heavy atom. The lowest BCUT2D eigenvalue weighted by Gasteiger charge is -2.07. The summed E-state index contributed by atoms with van der Waals surface area (Å²) in [6.07, 6.45) is 2.30. The van der Waals surface area contributed by atoms with Gasteiger partial charge in [0.15, 0.2) is 0 Å². The maximum atomic E-state index is 6.10. The second-order valence-electron chi connectivity index (χ2n) is 3.22. The molecule has 15 heavy (non-hydrogen) atoms. The maximum Gasteiger partial charge on any atom is 0.126 e. The molecular weight excluding hydrogens is 232 g/mol. The van der Waals surface area contributed by atoms with E-state index in [-0.39, 0.29) is 5.38 Å². The molecule has 80 valence electrons. The van der Waals surface area contributed by atoms with Gasteiger partial charge in [-0.15, -0.1) is 22.9 Å². The van der Waals surface area contributed by atoms with Crippen LogP contribution >= 0.6 is 22.9 Å². The number of halogens is 1. The summed E-state index contributed by atoms with van der Waals surface area (Å²) >= 11 is 7.72. The monoisotopic (exact) mass is 242 g/mol. The average Bonchev–Trinajstić information content (AvgIpc) is 2.67. The Morgan fingerprint density at radius 2 is 2.40 bits per heavy atom. The molecule has 3 nitrogen and oxygen atoms in total. The number of hydrogen-bond donors (Lipinski definition) is 0. The van der Waals surface area contributed by atoms with Crippen molar-refractivity contribution in [1.82, 2.24) is 9.97 Å². The first-order valence-electron chi connectivity index (χ1n) is 4.61. The van der Waals surface area contributed by atoms with E-state index >= 15 is 0 Å². The molecule has 2 rings (SSSR count). The molecule has 0 saturated carbocycles. The average molecular weight is 243 g/mol. The molecule has 0 fully saturated rings. The minimum atomic E-state index is -0.0343. The number of nitrogens with zero attached hydrogens (tertiary/aromatic N) is 2. The fourth-order valence-electron chi connectivity index (χ4n) is 1.45. The third-order valence-electron chi connectivity index (χ3n) is 2.11. The Balaban J connectivity index is 2.23. The zero-order valence-corrected chi connectivity index (χ0v) is 9.88. The van der Waals surface area contributed by atoms with Gasteiger partial charge in [0.1, 0.15) is 11.2 Å². The molecule has 2 aromatic rings. The van der Waals surface area contributed by atoms with Crippen molar-refractivity contribution in [3.8, 4) is 0 Å². The fourth-order valence-corrected chi connectivity index (χ4v) is 2.48. The van der Waals surface area contributed by atoms with Crippen LogP contribution in [0.2, 0.25) is 0 Å². The Morgan fingerprint density at radius 3 is 3.20 bits per heavy atom. The first-order chi connectivity index (χ1) is 7.31. The number of alkyl halides is 1. The lowest BCUT2D eigenvalue weighted by molar-refractivity contribution is 0.197. The van der Waals surface area contributed by atoms with Crippen LogP contribution in [0.3, 0.4) is 0 Å². The second-order valence-corrected chi connectivity index (χ2v) is 4.73. The van der Waals surface area contributed by atoms with Gasteiger partial charge in [-0.05, 0) is 11.4 Å². The topological polar surface area (TPSA) is 35.0 Å².